The van der Waals surface area contributed by atoms with Gasteiger partial charge in [-0.05, 0) is 30.0 Å². The maximum Gasteiger partial charge on any atom is 0.119 e. The summed E-state index contributed by atoms with van der Waals surface area (Å²) in [6, 6.07) is 5.92. The predicted octanol–water partition coefficient (Wildman–Crippen LogP) is 1.94. The average Bonchev–Trinajstić information content (AvgIpc) is 2.13. The second kappa shape index (κ2) is 2.99. The van der Waals surface area contributed by atoms with Crippen LogP contribution >= 0.6 is 0 Å². The van der Waals surface area contributed by atoms with Crippen LogP contribution in [-0.2, 0) is 11.8 Å². The number of phenolic OH excluding ortho intramolecular Hbond substituents is 1. The zero-order valence-corrected chi connectivity index (χ0v) is 8.75. The molecule has 1 aliphatic rings. The highest BCUT2D eigenvalue weighted by molar-refractivity contribution is 5.45. The van der Waals surface area contributed by atoms with Crippen LogP contribution in [0.25, 0.3) is 0 Å². The fourth-order valence-corrected chi connectivity index (χ4v) is 2.30. The normalized spacial score (nSPS) is 24.4. The summed E-state index contributed by atoms with van der Waals surface area (Å²) in [6.07, 6.45) is 1.85. The SMILES string of the molecule is CC1(C)c2cccc(O)c2CCC1N. The molecule has 3 N–H and O–H groups in total. The highest BCUT2D eigenvalue weighted by Crippen LogP contribution is 2.39. The summed E-state index contributed by atoms with van der Waals surface area (Å²) < 4.78 is 0. The van der Waals surface area contributed by atoms with Gasteiger partial charge in [-0.2, -0.15) is 0 Å². The van der Waals surface area contributed by atoms with Crippen molar-refractivity contribution in [2.75, 3.05) is 0 Å². The van der Waals surface area contributed by atoms with Crippen molar-refractivity contribution in [3.05, 3.63) is 29.3 Å². The topological polar surface area (TPSA) is 46.2 Å². The van der Waals surface area contributed by atoms with Crippen molar-refractivity contribution in [1.82, 2.24) is 0 Å². The Morgan fingerprint density at radius 1 is 1.43 bits per heavy atom. The summed E-state index contributed by atoms with van der Waals surface area (Å²) in [6.45, 7) is 4.30. The maximum atomic E-state index is 9.73. The van der Waals surface area contributed by atoms with Gasteiger partial charge in [-0.1, -0.05) is 26.0 Å². The van der Waals surface area contributed by atoms with Crippen LogP contribution < -0.4 is 5.73 Å². The maximum absolute atomic E-state index is 9.73. The third-order valence-electron chi connectivity index (χ3n) is 3.48. The third kappa shape index (κ3) is 1.22. The van der Waals surface area contributed by atoms with Crippen LogP contribution in [0.1, 0.15) is 31.4 Å². The summed E-state index contributed by atoms with van der Waals surface area (Å²) in [4.78, 5) is 0. The van der Waals surface area contributed by atoms with Gasteiger partial charge in [0.25, 0.3) is 0 Å². The fraction of sp³-hybridized carbons (Fsp3) is 0.500. The van der Waals surface area contributed by atoms with Gasteiger partial charge in [0.15, 0.2) is 0 Å². The number of rotatable bonds is 0. The lowest BCUT2D eigenvalue weighted by molar-refractivity contribution is 0.355. The van der Waals surface area contributed by atoms with Crippen molar-refractivity contribution in [2.45, 2.75) is 38.1 Å². The van der Waals surface area contributed by atoms with Crippen molar-refractivity contribution in [3.63, 3.8) is 0 Å². The summed E-state index contributed by atoms with van der Waals surface area (Å²) in [5.41, 5.74) is 8.36. The molecule has 76 valence electrons. The lowest BCUT2D eigenvalue weighted by Crippen LogP contribution is -2.44. The summed E-state index contributed by atoms with van der Waals surface area (Å²) in [5, 5.41) is 9.73. The standard InChI is InChI=1S/C12H17NO/c1-12(2)9-4-3-5-10(14)8(9)6-7-11(12)13/h3-5,11,14H,6-7,13H2,1-2H3. The van der Waals surface area contributed by atoms with Gasteiger partial charge in [0, 0.05) is 11.5 Å². The molecule has 0 aliphatic heterocycles. The quantitative estimate of drug-likeness (QED) is 0.658. The number of phenols is 1. The van der Waals surface area contributed by atoms with E-state index in [1.54, 1.807) is 6.07 Å². The molecule has 2 rings (SSSR count). The van der Waals surface area contributed by atoms with E-state index in [1.165, 1.54) is 5.56 Å². The van der Waals surface area contributed by atoms with Crippen molar-refractivity contribution in [2.24, 2.45) is 5.73 Å². The lowest BCUT2D eigenvalue weighted by atomic mass is 9.69. The van der Waals surface area contributed by atoms with Crippen LogP contribution in [0.5, 0.6) is 5.75 Å². The Hall–Kier alpha value is -1.02. The minimum atomic E-state index is -0.0215. The zero-order chi connectivity index (χ0) is 10.3. The van der Waals surface area contributed by atoms with Gasteiger partial charge in [-0.15, -0.1) is 0 Å². The molecule has 1 aromatic carbocycles. The molecule has 2 heteroatoms. The van der Waals surface area contributed by atoms with Crippen LogP contribution in [0.15, 0.2) is 18.2 Å². The monoisotopic (exact) mass is 191 g/mol. The first-order valence-corrected chi connectivity index (χ1v) is 5.10. The van der Waals surface area contributed by atoms with E-state index in [0.29, 0.717) is 5.75 Å². The Labute approximate surface area is 84.7 Å². The number of fused-ring (bicyclic) bond motifs is 1. The molecule has 0 heterocycles. The number of aromatic hydroxyl groups is 1. The van der Waals surface area contributed by atoms with Gasteiger partial charge in [-0.3, -0.25) is 0 Å². The summed E-state index contributed by atoms with van der Waals surface area (Å²) in [5.74, 6) is 0.419. The Balaban J connectivity index is 2.59. The Morgan fingerprint density at radius 2 is 2.14 bits per heavy atom. The van der Waals surface area contributed by atoms with Crippen LogP contribution in [0, 0.1) is 0 Å². The smallest absolute Gasteiger partial charge is 0.119 e. The van der Waals surface area contributed by atoms with Gasteiger partial charge >= 0.3 is 0 Å². The minimum Gasteiger partial charge on any atom is -0.508 e. The number of benzene rings is 1. The van der Waals surface area contributed by atoms with E-state index >= 15 is 0 Å². The van der Waals surface area contributed by atoms with Crippen LogP contribution in [0.4, 0.5) is 0 Å². The van der Waals surface area contributed by atoms with Gasteiger partial charge in [0.05, 0.1) is 0 Å². The molecule has 0 saturated carbocycles. The van der Waals surface area contributed by atoms with Crippen LogP contribution in [0.2, 0.25) is 0 Å². The van der Waals surface area contributed by atoms with Gasteiger partial charge in [0.2, 0.25) is 0 Å². The van der Waals surface area contributed by atoms with E-state index < -0.39 is 0 Å². The van der Waals surface area contributed by atoms with Gasteiger partial charge in [0.1, 0.15) is 5.75 Å². The van der Waals surface area contributed by atoms with Crippen molar-refractivity contribution in [3.8, 4) is 5.75 Å². The number of hydrogen-bond acceptors (Lipinski definition) is 2. The Bertz CT molecular complexity index is 357. The van der Waals surface area contributed by atoms with E-state index in [4.69, 9.17) is 5.73 Å². The third-order valence-corrected chi connectivity index (χ3v) is 3.48. The molecular weight excluding hydrogens is 174 g/mol. The van der Waals surface area contributed by atoms with E-state index in [1.807, 2.05) is 6.07 Å². The van der Waals surface area contributed by atoms with E-state index in [2.05, 4.69) is 19.9 Å². The van der Waals surface area contributed by atoms with Gasteiger partial charge in [-0.25, -0.2) is 0 Å². The van der Waals surface area contributed by atoms with Crippen molar-refractivity contribution < 1.29 is 5.11 Å². The second-order valence-electron chi connectivity index (χ2n) is 4.67. The molecule has 1 aliphatic carbocycles. The average molecular weight is 191 g/mol. The highest BCUT2D eigenvalue weighted by atomic mass is 16.3. The predicted molar refractivity (Wildman–Crippen MR) is 57.4 cm³/mol. The summed E-state index contributed by atoms with van der Waals surface area (Å²) in [7, 11) is 0. The number of nitrogens with two attached hydrogens (primary N) is 1. The number of hydrogen-bond donors (Lipinski definition) is 2. The van der Waals surface area contributed by atoms with Crippen LogP contribution in [0.3, 0.4) is 0 Å². The first-order chi connectivity index (χ1) is 6.53. The first kappa shape index (κ1) is 9.53. The van der Waals surface area contributed by atoms with Crippen molar-refractivity contribution >= 4 is 0 Å². The first-order valence-electron chi connectivity index (χ1n) is 5.10. The van der Waals surface area contributed by atoms with E-state index in [0.717, 1.165) is 18.4 Å². The Kier molecular flexibility index (Phi) is 2.04. The van der Waals surface area contributed by atoms with Gasteiger partial charge < -0.3 is 10.8 Å². The lowest BCUT2D eigenvalue weighted by Gasteiger charge is -2.38. The van der Waals surface area contributed by atoms with E-state index in [9.17, 15) is 5.11 Å². The highest BCUT2D eigenvalue weighted by Gasteiger charge is 2.34. The molecule has 1 atom stereocenters. The van der Waals surface area contributed by atoms with E-state index in [-0.39, 0.29) is 11.5 Å². The molecule has 1 aromatic rings. The molecule has 0 aromatic heterocycles. The molecule has 0 saturated heterocycles. The molecule has 0 radical (unpaired) electrons. The molecule has 0 fully saturated rings. The second-order valence-corrected chi connectivity index (χ2v) is 4.67. The van der Waals surface area contributed by atoms with Crippen molar-refractivity contribution in [1.29, 1.82) is 0 Å². The molecular formula is C12H17NO. The molecule has 14 heavy (non-hydrogen) atoms. The zero-order valence-electron chi connectivity index (χ0n) is 8.75. The fourth-order valence-electron chi connectivity index (χ4n) is 2.30. The molecule has 0 bridgehead atoms. The largest absolute Gasteiger partial charge is 0.508 e. The van der Waals surface area contributed by atoms with Crippen LogP contribution in [-0.4, -0.2) is 11.1 Å². The Morgan fingerprint density at radius 3 is 2.86 bits per heavy atom. The minimum absolute atomic E-state index is 0.0215. The molecule has 0 amide bonds. The summed E-state index contributed by atoms with van der Waals surface area (Å²) >= 11 is 0. The molecule has 1 unspecified atom stereocenters. The molecule has 2 nitrogen and oxygen atoms in total. The molecule has 0 spiro atoms.